The molecule has 1 N–H and O–H groups in total. The molecule has 1 atom stereocenters. The summed E-state index contributed by atoms with van der Waals surface area (Å²) < 4.78 is 5.50. The van der Waals surface area contributed by atoms with E-state index in [9.17, 15) is 4.79 Å². The molecule has 3 heteroatoms. The van der Waals surface area contributed by atoms with Crippen molar-refractivity contribution < 1.29 is 14.6 Å². The molecule has 0 radical (unpaired) electrons. The average molecular weight is 206 g/mol. The zero-order chi connectivity index (χ0) is 11.4. The van der Waals surface area contributed by atoms with E-state index in [1.54, 1.807) is 31.2 Å². The molecule has 80 valence electrons. The first kappa shape index (κ1) is 11.3. The third-order valence-electron chi connectivity index (χ3n) is 2.16. The maximum Gasteiger partial charge on any atom is 0.336 e. The molecule has 3 nitrogen and oxygen atoms in total. The van der Waals surface area contributed by atoms with E-state index in [0.29, 0.717) is 11.3 Å². The maximum absolute atomic E-state index is 10.9. The summed E-state index contributed by atoms with van der Waals surface area (Å²) in [6, 6.07) is 4.98. The van der Waals surface area contributed by atoms with Gasteiger partial charge in [-0.15, -0.1) is 0 Å². The van der Waals surface area contributed by atoms with Crippen molar-refractivity contribution in [2.24, 2.45) is 0 Å². The molecule has 0 fully saturated rings. The van der Waals surface area contributed by atoms with E-state index < -0.39 is 5.97 Å². The number of ether oxygens (including phenoxy) is 1. The van der Waals surface area contributed by atoms with Crippen LogP contribution in [0.25, 0.3) is 0 Å². The summed E-state index contributed by atoms with van der Waals surface area (Å²) in [7, 11) is 0. The second-order valence-corrected chi connectivity index (χ2v) is 3.29. The Kier molecular flexibility index (Phi) is 3.50. The molecule has 0 spiro atoms. The highest BCUT2D eigenvalue weighted by atomic mass is 16.5. The average Bonchev–Trinajstić information content (AvgIpc) is 2.20. The molecule has 0 saturated carbocycles. The number of rotatable bonds is 4. The van der Waals surface area contributed by atoms with Gasteiger partial charge in [0, 0.05) is 5.56 Å². The first-order valence-electron chi connectivity index (χ1n) is 4.68. The minimum atomic E-state index is -0.941. The van der Waals surface area contributed by atoms with E-state index in [0.717, 1.165) is 0 Å². The fourth-order valence-corrected chi connectivity index (χ4v) is 1.22. The van der Waals surface area contributed by atoms with Crippen LogP contribution in [0.1, 0.15) is 22.8 Å². The van der Waals surface area contributed by atoms with E-state index in [1.807, 2.05) is 6.92 Å². The molecule has 0 bridgehead atoms. The van der Waals surface area contributed by atoms with Gasteiger partial charge in [0.05, 0.1) is 5.56 Å². The van der Waals surface area contributed by atoms with Gasteiger partial charge in [0.25, 0.3) is 0 Å². The summed E-state index contributed by atoms with van der Waals surface area (Å²) in [4.78, 5) is 10.9. The van der Waals surface area contributed by atoms with Gasteiger partial charge in [0.2, 0.25) is 0 Å². The van der Waals surface area contributed by atoms with E-state index in [4.69, 9.17) is 9.84 Å². The molecule has 0 aliphatic carbocycles. The van der Waals surface area contributed by atoms with Gasteiger partial charge >= 0.3 is 5.97 Å². The summed E-state index contributed by atoms with van der Waals surface area (Å²) in [6.45, 7) is 7.18. The number of aromatic carboxylic acids is 1. The van der Waals surface area contributed by atoms with Crippen molar-refractivity contribution in [2.45, 2.75) is 20.0 Å². The second-order valence-electron chi connectivity index (χ2n) is 3.29. The van der Waals surface area contributed by atoms with Crippen molar-refractivity contribution in [1.29, 1.82) is 0 Å². The van der Waals surface area contributed by atoms with E-state index in [1.165, 1.54) is 0 Å². The third-order valence-corrected chi connectivity index (χ3v) is 2.16. The van der Waals surface area contributed by atoms with Crippen molar-refractivity contribution in [3.05, 3.63) is 42.0 Å². The molecule has 0 aliphatic heterocycles. The third kappa shape index (κ3) is 2.59. The van der Waals surface area contributed by atoms with Crippen LogP contribution in [0, 0.1) is 6.92 Å². The molecule has 0 heterocycles. The number of carbonyl (C=O) groups is 1. The number of hydrogen-bond acceptors (Lipinski definition) is 2. The van der Waals surface area contributed by atoms with Crippen LogP contribution < -0.4 is 4.74 Å². The molecule has 15 heavy (non-hydrogen) atoms. The fraction of sp³-hybridized carbons (Fsp3) is 0.250. The summed E-state index contributed by atoms with van der Waals surface area (Å²) in [5, 5.41) is 8.91. The predicted octanol–water partition coefficient (Wildman–Crippen LogP) is 2.65. The van der Waals surface area contributed by atoms with E-state index >= 15 is 0 Å². The zero-order valence-electron chi connectivity index (χ0n) is 8.86. The van der Waals surface area contributed by atoms with Gasteiger partial charge < -0.3 is 9.84 Å². The summed E-state index contributed by atoms with van der Waals surface area (Å²) >= 11 is 0. The van der Waals surface area contributed by atoms with Crippen LogP contribution >= 0.6 is 0 Å². The van der Waals surface area contributed by atoms with Gasteiger partial charge in [-0.2, -0.15) is 0 Å². The second kappa shape index (κ2) is 4.64. The lowest BCUT2D eigenvalue weighted by Gasteiger charge is -2.13. The van der Waals surface area contributed by atoms with Crippen LogP contribution in [-0.2, 0) is 0 Å². The monoisotopic (exact) mass is 206 g/mol. The van der Waals surface area contributed by atoms with Gasteiger partial charge in [0.15, 0.2) is 0 Å². The first-order valence-corrected chi connectivity index (χ1v) is 4.68. The van der Waals surface area contributed by atoms with Crippen LogP contribution in [-0.4, -0.2) is 17.2 Å². The molecular formula is C12H14O3. The van der Waals surface area contributed by atoms with Gasteiger partial charge in [-0.1, -0.05) is 18.7 Å². The maximum atomic E-state index is 10.9. The van der Waals surface area contributed by atoms with Crippen molar-refractivity contribution in [2.75, 3.05) is 0 Å². The SMILES string of the molecule is C=CC(C)Oc1cccc(C(=O)O)c1C. The quantitative estimate of drug-likeness (QED) is 0.770. The summed E-state index contributed by atoms with van der Waals surface area (Å²) in [5.74, 6) is -0.355. The van der Waals surface area contributed by atoms with Gasteiger partial charge in [-0.05, 0) is 26.0 Å². The number of carboxylic acid groups (broad SMARTS) is 1. The molecular weight excluding hydrogens is 192 g/mol. The first-order chi connectivity index (χ1) is 7.06. The Morgan fingerprint density at radius 1 is 1.60 bits per heavy atom. The molecule has 1 aromatic carbocycles. The van der Waals surface area contributed by atoms with Crippen molar-refractivity contribution in [3.63, 3.8) is 0 Å². The lowest BCUT2D eigenvalue weighted by Crippen LogP contribution is -2.10. The standard InChI is InChI=1S/C12H14O3/c1-4-8(2)15-11-7-5-6-10(9(11)3)12(13)14/h4-8H,1H2,2-3H3,(H,13,14). The molecule has 1 rings (SSSR count). The number of hydrogen-bond donors (Lipinski definition) is 1. The van der Waals surface area contributed by atoms with Crippen molar-refractivity contribution >= 4 is 5.97 Å². The largest absolute Gasteiger partial charge is 0.486 e. The Bertz CT molecular complexity index is 382. The van der Waals surface area contributed by atoms with Crippen molar-refractivity contribution in [3.8, 4) is 5.75 Å². The Balaban J connectivity index is 3.04. The fourth-order valence-electron chi connectivity index (χ4n) is 1.22. The Hall–Kier alpha value is -1.77. The molecule has 1 aromatic rings. The van der Waals surface area contributed by atoms with Crippen LogP contribution in [0.15, 0.2) is 30.9 Å². The normalized spacial score (nSPS) is 11.9. The molecule has 0 amide bonds. The van der Waals surface area contributed by atoms with Crippen LogP contribution in [0.4, 0.5) is 0 Å². The van der Waals surface area contributed by atoms with Gasteiger partial charge in [-0.3, -0.25) is 0 Å². The topological polar surface area (TPSA) is 46.5 Å². The highest BCUT2D eigenvalue weighted by Crippen LogP contribution is 2.22. The highest BCUT2D eigenvalue weighted by molar-refractivity contribution is 5.90. The zero-order valence-corrected chi connectivity index (χ0v) is 8.86. The molecule has 0 saturated heterocycles. The van der Waals surface area contributed by atoms with E-state index in [-0.39, 0.29) is 11.7 Å². The highest BCUT2D eigenvalue weighted by Gasteiger charge is 2.11. The van der Waals surface area contributed by atoms with Crippen molar-refractivity contribution in [1.82, 2.24) is 0 Å². The summed E-state index contributed by atoms with van der Waals surface area (Å²) in [5.41, 5.74) is 0.905. The van der Waals surface area contributed by atoms with Gasteiger partial charge in [0.1, 0.15) is 11.9 Å². The Labute approximate surface area is 89.0 Å². The minimum Gasteiger partial charge on any atom is -0.486 e. The lowest BCUT2D eigenvalue weighted by molar-refractivity contribution is 0.0695. The molecule has 0 aliphatic rings. The number of carboxylic acids is 1. The smallest absolute Gasteiger partial charge is 0.336 e. The molecule has 0 aromatic heterocycles. The Morgan fingerprint density at radius 3 is 2.80 bits per heavy atom. The summed E-state index contributed by atoms with van der Waals surface area (Å²) in [6.07, 6.45) is 1.53. The van der Waals surface area contributed by atoms with Crippen LogP contribution in [0.2, 0.25) is 0 Å². The van der Waals surface area contributed by atoms with E-state index in [2.05, 4.69) is 6.58 Å². The lowest BCUT2D eigenvalue weighted by atomic mass is 10.1. The Morgan fingerprint density at radius 2 is 2.27 bits per heavy atom. The molecule has 1 unspecified atom stereocenters. The van der Waals surface area contributed by atoms with Crippen LogP contribution in [0.5, 0.6) is 5.75 Å². The number of benzene rings is 1. The predicted molar refractivity (Wildman–Crippen MR) is 58.4 cm³/mol. The van der Waals surface area contributed by atoms with Crippen LogP contribution in [0.3, 0.4) is 0 Å². The van der Waals surface area contributed by atoms with Gasteiger partial charge in [-0.25, -0.2) is 4.79 Å². The minimum absolute atomic E-state index is 0.132.